The SMILES string of the molecule is C=N/C(I)=C\c1ccncc1C. The van der Waals surface area contributed by atoms with Gasteiger partial charge in [-0.3, -0.25) is 9.98 Å². The molecule has 0 bridgehead atoms. The van der Waals surface area contributed by atoms with Gasteiger partial charge < -0.3 is 0 Å². The molecule has 0 aliphatic carbocycles. The molecule has 0 aliphatic rings. The van der Waals surface area contributed by atoms with Crippen LogP contribution in [0, 0.1) is 6.92 Å². The molecular weight excluding hydrogens is 263 g/mol. The molecule has 1 rings (SSSR count). The highest BCUT2D eigenvalue weighted by Crippen LogP contribution is 2.15. The molecule has 3 heteroatoms. The number of halogens is 1. The van der Waals surface area contributed by atoms with Crippen LogP contribution in [0.5, 0.6) is 0 Å². The van der Waals surface area contributed by atoms with Gasteiger partial charge in [0, 0.05) is 12.4 Å². The Hall–Kier alpha value is -0.710. The van der Waals surface area contributed by atoms with Crippen LogP contribution in [0.25, 0.3) is 6.08 Å². The van der Waals surface area contributed by atoms with Crippen molar-refractivity contribution in [3.63, 3.8) is 0 Å². The molecule has 0 aromatic carbocycles. The third-order valence-electron chi connectivity index (χ3n) is 1.49. The smallest absolute Gasteiger partial charge is 0.101 e. The number of aliphatic imine (C=N–C) groups is 1. The van der Waals surface area contributed by atoms with Crippen LogP contribution in [0.4, 0.5) is 0 Å². The first kappa shape index (κ1) is 9.38. The van der Waals surface area contributed by atoms with Gasteiger partial charge in [-0.2, -0.15) is 0 Å². The van der Waals surface area contributed by atoms with Crippen LogP contribution in [0.1, 0.15) is 11.1 Å². The number of nitrogens with zero attached hydrogens (tertiary/aromatic N) is 2. The van der Waals surface area contributed by atoms with E-state index in [4.69, 9.17) is 0 Å². The number of aromatic nitrogens is 1. The molecule has 2 nitrogen and oxygen atoms in total. The molecule has 0 atom stereocenters. The second kappa shape index (κ2) is 4.35. The summed E-state index contributed by atoms with van der Waals surface area (Å²) in [6, 6.07) is 1.96. The third-order valence-corrected chi connectivity index (χ3v) is 2.14. The predicted molar refractivity (Wildman–Crippen MR) is 60.5 cm³/mol. The molecule has 0 fully saturated rings. The van der Waals surface area contributed by atoms with Crippen LogP contribution < -0.4 is 0 Å². The summed E-state index contributed by atoms with van der Waals surface area (Å²) in [7, 11) is 0. The molecule has 0 amide bonds. The molecule has 0 N–H and O–H groups in total. The Labute approximate surface area is 85.6 Å². The molecule has 0 spiro atoms. The molecule has 12 heavy (non-hydrogen) atoms. The topological polar surface area (TPSA) is 25.2 Å². The van der Waals surface area contributed by atoms with Gasteiger partial charge in [0.15, 0.2) is 0 Å². The zero-order valence-electron chi connectivity index (χ0n) is 6.79. The van der Waals surface area contributed by atoms with Crippen molar-refractivity contribution >= 4 is 35.4 Å². The maximum Gasteiger partial charge on any atom is 0.101 e. The van der Waals surface area contributed by atoms with Crippen molar-refractivity contribution in [2.24, 2.45) is 4.99 Å². The van der Waals surface area contributed by atoms with E-state index in [9.17, 15) is 0 Å². The molecule has 0 aliphatic heterocycles. The van der Waals surface area contributed by atoms with Crippen molar-refractivity contribution in [3.8, 4) is 0 Å². The molecule has 0 saturated carbocycles. The Bertz CT molecular complexity index is 318. The Morgan fingerprint density at radius 1 is 1.75 bits per heavy atom. The highest BCUT2D eigenvalue weighted by atomic mass is 127. The summed E-state index contributed by atoms with van der Waals surface area (Å²) in [6.07, 6.45) is 5.58. The van der Waals surface area contributed by atoms with E-state index in [2.05, 4.69) is 39.3 Å². The second-order valence-electron chi connectivity index (χ2n) is 2.36. The van der Waals surface area contributed by atoms with E-state index in [0.717, 1.165) is 14.8 Å². The van der Waals surface area contributed by atoms with Gasteiger partial charge in [0.25, 0.3) is 0 Å². The van der Waals surface area contributed by atoms with Crippen molar-refractivity contribution in [1.29, 1.82) is 0 Å². The molecule has 0 saturated heterocycles. The summed E-state index contributed by atoms with van der Waals surface area (Å²) in [6.45, 7) is 5.46. The van der Waals surface area contributed by atoms with Crippen molar-refractivity contribution in [2.75, 3.05) is 0 Å². The lowest BCUT2D eigenvalue weighted by Crippen LogP contribution is -1.81. The van der Waals surface area contributed by atoms with Crippen molar-refractivity contribution in [2.45, 2.75) is 6.92 Å². The standard InChI is InChI=1S/C9H9IN2/c1-7-6-12-4-3-8(7)5-9(10)11-2/h3-6H,2H2,1H3/b9-5-. The quantitative estimate of drug-likeness (QED) is 0.461. The second-order valence-corrected chi connectivity index (χ2v) is 3.46. The normalized spacial score (nSPS) is 11.3. The van der Waals surface area contributed by atoms with Gasteiger partial charge in [-0.1, -0.05) is 0 Å². The first-order chi connectivity index (χ1) is 5.74. The molecule has 1 aromatic heterocycles. The number of rotatable bonds is 2. The van der Waals surface area contributed by atoms with Crippen LogP contribution in [0.15, 0.2) is 27.2 Å². The molecule has 0 radical (unpaired) electrons. The van der Waals surface area contributed by atoms with Gasteiger partial charge >= 0.3 is 0 Å². The summed E-state index contributed by atoms with van der Waals surface area (Å²) < 4.78 is 0.891. The van der Waals surface area contributed by atoms with Crippen LogP contribution in [-0.4, -0.2) is 11.7 Å². The monoisotopic (exact) mass is 272 g/mol. The van der Waals surface area contributed by atoms with Gasteiger partial charge in [0.2, 0.25) is 0 Å². The fraction of sp³-hybridized carbons (Fsp3) is 0.111. The van der Waals surface area contributed by atoms with Gasteiger partial charge in [-0.25, -0.2) is 0 Å². The summed E-state index contributed by atoms with van der Waals surface area (Å²) in [5.41, 5.74) is 2.29. The van der Waals surface area contributed by atoms with E-state index >= 15 is 0 Å². The average molecular weight is 272 g/mol. The highest BCUT2D eigenvalue weighted by Gasteiger charge is 1.93. The highest BCUT2D eigenvalue weighted by molar-refractivity contribution is 14.1. The van der Waals surface area contributed by atoms with E-state index in [1.165, 1.54) is 0 Å². The Morgan fingerprint density at radius 2 is 2.50 bits per heavy atom. The third kappa shape index (κ3) is 2.41. The van der Waals surface area contributed by atoms with Gasteiger partial charge in [-0.05, 0) is 59.5 Å². The number of hydrogen-bond acceptors (Lipinski definition) is 2. The number of pyridine rings is 1. The van der Waals surface area contributed by atoms with Crippen molar-refractivity contribution < 1.29 is 0 Å². The molecule has 1 heterocycles. The first-order valence-corrected chi connectivity index (χ1v) is 4.56. The summed E-state index contributed by atoms with van der Waals surface area (Å²) in [4.78, 5) is 7.80. The molecular formula is C9H9IN2. The minimum Gasteiger partial charge on any atom is -0.264 e. The van der Waals surface area contributed by atoms with E-state index < -0.39 is 0 Å². The van der Waals surface area contributed by atoms with Gasteiger partial charge in [-0.15, -0.1) is 0 Å². The Morgan fingerprint density at radius 3 is 3.08 bits per heavy atom. The lowest BCUT2D eigenvalue weighted by molar-refractivity contribution is 1.26. The van der Waals surface area contributed by atoms with E-state index in [1.54, 1.807) is 6.20 Å². The van der Waals surface area contributed by atoms with Gasteiger partial charge in [0.05, 0.1) is 0 Å². The number of hydrogen-bond donors (Lipinski definition) is 0. The van der Waals surface area contributed by atoms with Crippen LogP contribution >= 0.6 is 22.6 Å². The maximum atomic E-state index is 4.00. The zero-order chi connectivity index (χ0) is 8.97. The van der Waals surface area contributed by atoms with E-state index in [1.807, 2.05) is 25.3 Å². The summed E-state index contributed by atoms with van der Waals surface area (Å²) >= 11 is 2.14. The summed E-state index contributed by atoms with van der Waals surface area (Å²) in [5, 5.41) is 0. The molecule has 0 unspecified atom stereocenters. The van der Waals surface area contributed by atoms with E-state index in [-0.39, 0.29) is 0 Å². The maximum absolute atomic E-state index is 4.00. The lowest BCUT2D eigenvalue weighted by atomic mass is 10.1. The molecule has 1 aromatic rings. The predicted octanol–water partition coefficient (Wildman–Crippen LogP) is 2.82. The fourth-order valence-electron chi connectivity index (χ4n) is 0.820. The minimum atomic E-state index is 0.891. The van der Waals surface area contributed by atoms with Crippen molar-refractivity contribution in [1.82, 2.24) is 4.98 Å². The van der Waals surface area contributed by atoms with Gasteiger partial charge in [0.1, 0.15) is 3.70 Å². The Balaban J connectivity index is 3.04. The molecule has 62 valence electrons. The Kier molecular flexibility index (Phi) is 3.40. The largest absolute Gasteiger partial charge is 0.264 e. The average Bonchev–Trinajstić information content (AvgIpc) is 2.09. The van der Waals surface area contributed by atoms with E-state index in [0.29, 0.717) is 0 Å². The summed E-state index contributed by atoms with van der Waals surface area (Å²) in [5.74, 6) is 0. The number of aryl methyl sites for hydroxylation is 1. The fourth-order valence-corrected chi connectivity index (χ4v) is 1.16. The van der Waals surface area contributed by atoms with Crippen LogP contribution in [0.2, 0.25) is 0 Å². The lowest BCUT2D eigenvalue weighted by Gasteiger charge is -1.97. The van der Waals surface area contributed by atoms with Crippen LogP contribution in [-0.2, 0) is 0 Å². The minimum absolute atomic E-state index is 0.891. The zero-order valence-corrected chi connectivity index (χ0v) is 8.95. The van der Waals surface area contributed by atoms with Crippen LogP contribution in [0.3, 0.4) is 0 Å². The van der Waals surface area contributed by atoms with Crippen molar-refractivity contribution in [3.05, 3.63) is 33.3 Å². The first-order valence-electron chi connectivity index (χ1n) is 3.48.